The molecule has 2 rings (SSSR count). The Hall–Kier alpha value is -2.56. The van der Waals surface area contributed by atoms with Gasteiger partial charge in [-0.3, -0.25) is 0 Å². The normalized spacial score (nSPS) is 11.1. The van der Waals surface area contributed by atoms with Gasteiger partial charge in [-0.05, 0) is 18.6 Å². The van der Waals surface area contributed by atoms with Crippen molar-refractivity contribution < 1.29 is 13.2 Å². The zero-order chi connectivity index (χ0) is 15.3. The summed E-state index contributed by atoms with van der Waals surface area (Å²) in [6, 6.07) is 3.74. The van der Waals surface area contributed by atoms with Crippen LogP contribution >= 0.6 is 0 Å². The van der Waals surface area contributed by atoms with Crippen LogP contribution in [0.3, 0.4) is 0 Å². The van der Waals surface area contributed by atoms with Gasteiger partial charge in [0.2, 0.25) is 0 Å². The Morgan fingerprint density at radius 2 is 2.14 bits per heavy atom. The molecule has 0 spiro atoms. The van der Waals surface area contributed by atoms with E-state index in [1.165, 1.54) is 0 Å². The van der Waals surface area contributed by atoms with E-state index in [1.807, 2.05) is 10.6 Å². The van der Waals surface area contributed by atoms with Crippen LogP contribution in [0.5, 0.6) is 0 Å². The lowest BCUT2D eigenvalue weighted by Crippen LogP contribution is -2.13. The number of nitrogens with zero attached hydrogens (tertiary/aromatic N) is 4. The molecule has 2 aromatic heterocycles. The summed E-state index contributed by atoms with van der Waals surface area (Å²) in [7, 11) is 0. The molecular formula is C13H12F3N5. The van der Waals surface area contributed by atoms with Gasteiger partial charge >= 0.3 is 6.18 Å². The van der Waals surface area contributed by atoms with Crippen molar-refractivity contribution in [3.05, 3.63) is 42.1 Å². The van der Waals surface area contributed by atoms with Crippen molar-refractivity contribution in [3.8, 4) is 6.07 Å². The Morgan fingerprint density at radius 3 is 2.76 bits per heavy atom. The van der Waals surface area contributed by atoms with E-state index in [2.05, 4.69) is 15.3 Å². The second kappa shape index (κ2) is 6.26. The minimum Gasteiger partial charge on any atom is -0.369 e. The Kier molecular flexibility index (Phi) is 4.42. The average Bonchev–Trinajstić information content (AvgIpc) is 2.95. The summed E-state index contributed by atoms with van der Waals surface area (Å²) in [5.41, 5.74) is -0.927. The number of anilines is 1. The first-order chi connectivity index (χ1) is 10.0. The van der Waals surface area contributed by atoms with E-state index in [-0.39, 0.29) is 11.4 Å². The van der Waals surface area contributed by atoms with E-state index in [0.717, 1.165) is 12.1 Å². The molecular weight excluding hydrogens is 283 g/mol. The molecule has 0 bridgehead atoms. The Labute approximate surface area is 119 Å². The van der Waals surface area contributed by atoms with Crippen LogP contribution in [0.2, 0.25) is 0 Å². The second-order valence-corrected chi connectivity index (χ2v) is 4.28. The van der Waals surface area contributed by atoms with E-state index >= 15 is 0 Å². The van der Waals surface area contributed by atoms with Crippen LogP contribution in [0.15, 0.2) is 30.9 Å². The molecule has 0 radical (unpaired) electrons. The number of imidazole rings is 1. The number of halogens is 3. The lowest BCUT2D eigenvalue weighted by molar-refractivity contribution is -0.141. The zero-order valence-electron chi connectivity index (χ0n) is 10.9. The molecule has 2 heterocycles. The standard InChI is InChI=1S/C13H12F3N5/c14-13(15,16)11-3-2-10(8-17)12(20-11)19-4-1-6-21-7-5-18-9-21/h2-3,5,7,9H,1,4,6H2,(H,19,20). The summed E-state index contributed by atoms with van der Waals surface area (Å²) in [6.45, 7) is 1.08. The predicted molar refractivity (Wildman–Crippen MR) is 69.3 cm³/mol. The first kappa shape index (κ1) is 14.8. The fourth-order valence-corrected chi connectivity index (χ4v) is 1.73. The predicted octanol–water partition coefficient (Wildman–Crippen LogP) is 2.67. The topological polar surface area (TPSA) is 66.5 Å². The molecule has 0 aliphatic carbocycles. The van der Waals surface area contributed by atoms with Crippen molar-refractivity contribution in [2.45, 2.75) is 19.1 Å². The van der Waals surface area contributed by atoms with Gasteiger partial charge in [0.25, 0.3) is 0 Å². The first-order valence-corrected chi connectivity index (χ1v) is 6.18. The van der Waals surface area contributed by atoms with Crippen LogP contribution in [0.4, 0.5) is 19.0 Å². The molecule has 21 heavy (non-hydrogen) atoms. The molecule has 0 amide bonds. The largest absolute Gasteiger partial charge is 0.433 e. The van der Waals surface area contributed by atoms with Crippen LogP contribution in [0.25, 0.3) is 0 Å². The van der Waals surface area contributed by atoms with Crippen molar-refractivity contribution in [1.29, 1.82) is 5.26 Å². The third-order valence-corrected chi connectivity index (χ3v) is 2.75. The van der Waals surface area contributed by atoms with E-state index in [9.17, 15) is 13.2 Å². The molecule has 110 valence electrons. The summed E-state index contributed by atoms with van der Waals surface area (Å²) in [5, 5.41) is 11.7. The lowest BCUT2D eigenvalue weighted by atomic mass is 10.2. The number of nitrogens with one attached hydrogen (secondary N) is 1. The molecule has 2 aromatic rings. The van der Waals surface area contributed by atoms with Crippen molar-refractivity contribution in [3.63, 3.8) is 0 Å². The summed E-state index contributed by atoms with van der Waals surface area (Å²) in [5.74, 6) is -0.0436. The van der Waals surface area contributed by atoms with Crippen LogP contribution in [0.1, 0.15) is 17.7 Å². The highest BCUT2D eigenvalue weighted by Crippen LogP contribution is 2.29. The third-order valence-electron chi connectivity index (χ3n) is 2.75. The maximum Gasteiger partial charge on any atom is 0.433 e. The average molecular weight is 295 g/mol. The molecule has 0 fully saturated rings. The number of aryl methyl sites for hydroxylation is 1. The van der Waals surface area contributed by atoms with Crippen molar-refractivity contribution in [1.82, 2.24) is 14.5 Å². The zero-order valence-corrected chi connectivity index (χ0v) is 10.9. The summed E-state index contributed by atoms with van der Waals surface area (Å²) >= 11 is 0. The van der Waals surface area contributed by atoms with Gasteiger partial charge in [-0.1, -0.05) is 0 Å². The minimum atomic E-state index is -4.53. The number of alkyl halides is 3. The van der Waals surface area contributed by atoms with E-state index in [1.54, 1.807) is 18.7 Å². The SMILES string of the molecule is N#Cc1ccc(C(F)(F)F)nc1NCCCn1ccnc1. The van der Waals surface area contributed by atoms with Crippen LogP contribution in [-0.2, 0) is 12.7 Å². The molecule has 5 nitrogen and oxygen atoms in total. The summed E-state index contributed by atoms with van der Waals surface area (Å²) in [6.07, 6.45) is 1.24. The molecule has 8 heteroatoms. The highest BCUT2D eigenvalue weighted by molar-refractivity contribution is 5.52. The van der Waals surface area contributed by atoms with E-state index in [0.29, 0.717) is 19.5 Å². The number of hydrogen-bond donors (Lipinski definition) is 1. The van der Waals surface area contributed by atoms with Gasteiger partial charge in [0, 0.05) is 25.5 Å². The smallest absolute Gasteiger partial charge is 0.369 e. The number of hydrogen-bond acceptors (Lipinski definition) is 4. The highest BCUT2D eigenvalue weighted by Gasteiger charge is 2.33. The molecule has 0 saturated heterocycles. The first-order valence-electron chi connectivity index (χ1n) is 6.18. The van der Waals surface area contributed by atoms with Crippen molar-refractivity contribution in [2.75, 3.05) is 11.9 Å². The van der Waals surface area contributed by atoms with Gasteiger partial charge in [-0.25, -0.2) is 9.97 Å². The van der Waals surface area contributed by atoms with Gasteiger partial charge in [-0.2, -0.15) is 18.4 Å². The van der Waals surface area contributed by atoms with Crippen LogP contribution < -0.4 is 5.32 Å². The van der Waals surface area contributed by atoms with E-state index in [4.69, 9.17) is 5.26 Å². The molecule has 0 atom stereocenters. The van der Waals surface area contributed by atoms with E-state index < -0.39 is 11.9 Å². The Morgan fingerprint density at radius 1 is 1.33 bits per heavy atom. The monoisotopic (exact) mass is 295 g/mol. The van der Waals surface area contributed by atoms with Gasteiger partial charge in [0.05, 0.1) is 11.9 Å². The Balaban J connectivity index is 1.99. The summed E-state index contributed by atoms with van der Waals surface area (Å²) < 4.78 is 39.6. The number of nitriles is 1. The number of aromatic nitrogens is 3. The summed E-state index contributed by atoms with van der Waals surface area (Å²) in [4.78, 5) is 7.36. The van der Waals surface area contributed by atoms with Crippen LogP contribution in [-0.4, -0.2) is 21.1 Å². The molecule has 0 unspecified atom stereocenters. The highest BCUT2D eigenvalue weighted by atomic mass is 19.4. The lowest BCUT2D eigenvalue weighted by Gasteiger charge is -2.11. The molecule has 0 saturated carbocycles. The maximum atomic E-state index is 12.6. The molecule has 1 N–H and O–H groups in total. The fourth-order valence-electron chi connectivity index (χ4n) is 1.73. The molecule has 0 aliphatic heterocycles. The van der Waals surface area contributed by atoms with Crippen molar-refractivity contribution >= 4 is 5.82 Å². The Bertz CT molecular complexity index is 628. The molecule has 0 aliphatic rings. The van der Waals surface area contributed by atoms with Gasteiger partial charge < -0.3 is 9.88 Å². The fraction of sp³-hybridized carbons (Fsp3) is 0.308. The quantitative estimate of drug-likeness (QED) is 0.861. The number of pyridine rings is 1. The third kappa shape index (κ3) is 3.95. The maximum absolute atomic E-state index is 12.6. The second-order valence-electron chi connectivity index (χ2n) is 4.28. The van der Waals surface area contributed by atoms with Gasteiger partial charge in [0.1, 0.15) is 17.6 Å². The molecule has 0 aromatic carbocycles. The van der Waals surface area contributed by atoms with Gasteiger partial charge in [0.15, 0.2) is 0 Å². The van der Waals surface area contributed by atoms with Crippen LogP contribution in [0, 0.1) is 11.3 Å². The van der Waals surface area contributed by atoms with Gasteiger partial charge in [-0.15, -0.1) is 0 Å². The van der Waals surface area contributed by atoms with Crippen molar-refractivity contribution in [2.24, 2.45) is 0 Å². The number of rotatable bonds is 5. The minimum absolute atomic E-state index is 0.0436.